The molecular weight excluding hydrogens is 252 g/mol. The van der Waals surface area contributed by atoms with Crippen molar-refractivity contribution in [1.29, 1.82) is 0 Å². The number of allylic oxidation sites excluding steroid dienone is 1. The topological polar surface area (TPSA) is 53.0 Å². The largest absolute Gasteiger partial charge is 0.377 e. The zero-order valence-corrected chi connectivity index (χ0v) is 11.7. The van der Waals surface area contributed by atoms with Crippen molar-refractivity contribution in [3.05, 3.63) is 25.3 Å². The molecule has 1 aliphatic rings. The van der Waals surface area contributed by atoms with Crippen LogP contribution in [-0.2, 0) is 4.74 Å². The average molecular weight is 274 g/mol. The van der Waals surface area contributed by atoms with E-state index in [2.05, 4.69) is 36.8 Å². The van der Waals surface area contributed by atoms with Crippen LogP contribution >= 0.6 is 0 Å². The van der Waals surface area contributed by atoms with Crippen molar-refractivity contribution < 1.29 is 14.9 Å². The van der Waals surface area contributed by atoms with Crippen LogP contribution in [0, 0.1) is 23.7 Å². The lowest BCUT2D eigenvalue weighted by molar-refractivity contribution is 0.185. The highest BCUT2D eigenvalue weighted by molar-refractivity contribution is 5.30. The molecule has 0 aliphatic carbocycles. The summed E-state index contributed by atoms with van der Waals surface area (Å²) in [5.74, 6) is 10.1. The summed E-state index contributed by atoms with van der Waals surface area (Å²) in [7, 11) is 0. The summed E-state index contributed by atoms with van der Waals surface area (Å²) in [5.41, 5.74) is 0. The van der Waals surface area contributed by atoms with Gasteiger partial charge in [0, 0.05) is 0 Å². The predicted octanol–water partition coefficient (Wildman–Crippen LogP) is 1.80. The number of aliphatic hydroxyl groups is 2. The van der Waals surface area contributed by atoms with Gasteiger partial charge >= 0.3 is 0 Å². The van der Waals surface area contributed by atoms with E-state index in [4.69, 9.17) is 9.84 Å². The number of hydrogen-bond donors (Lipinski definition) is 2. The zero-order valence-electron chi connectivity index (χ0n) is 11.7. The number of rotatable bonds is 8. The van der Waals surface area contributed by atoms with Gasteiger partial charge in [-0.25, -0.2) is 0 Å². The molecule has 0 aromatic rings. The smallest absolute Gasteiger partial charge is 0.144 e. The van der Waals surface area contributed by atoms with Crippen LogP contribution in [0.1, 0.15) is 32.1 Å². The van der Waals surface area contributed by atoms with Crippen LogP contribution in [0.25, 0.3) is 0 Å². The van der Waals surface area contributed by atoms with Crippen molar-refractivity contribution in [2.45, 2.75) is 56.5 Å². The molecule has 1 fully saturated rings. The fourth-order valence-corrected chi connectivity index (χ4v) is 1.84. The summed E-state index contributed by atoms with van der Waals surface area (Å²) in [6, 6.07) is 0. The predicted molar refractivity (Wildman–Crippen MR) is 79.7 cm³/mol. The Labute approximate surface area is 121 Å². The van der Waals surface area contributed by atoms with Crippen LogP contribution in [0.5, 0.6) is 0 Å². The second-order valence-corrected chi connectivity index (χ2v) is 4.73. The van der Waals surface area contributed by atoms with Crippen LogP contribution in [0.2, 0.25) is 0 Å². The Bertz CT molecular complexity index is 433. The zero-order chi connectivity index (χ0) is 14.8. The lowest BCUT2D eigenvalue weighted by Crippen LogP contribution is -2.14. The van der Waals surface area contributed by atoms with Gasteiger partial charge in [0.05, 0.1) is 6.10 Å². The standard InChI is InChI=1S/C17H22O3/c1-3-5-6-7-8-13-16-17(20-16)15(19)12-10-9-11-14(18)4-2/h3-4,14-19H,1-2,5-8,13H2/t14-,15+,16+,17+/m0/s1. The highest BCUT2D eigenvalue weighted by Gasteiger charge is 2.42. The van der Waals surface area contributed by atoms with Gasteiger partial charge in [0.1, 0.15) is 18.3 Å². The molecule has 4 atom stereocenters. The number of unbranched alkanes of at least 4 members (excludes halogenated alkanes) is 3. The third-order valence-corrected chi connectivity index (χ3v) is 3.06. The lowest BCUT2D eigenvalue weighted by atomic mass is 10.1. The maximum Gasteiger partial charge on any atom is 0.144 e. The Morgan fingerprint density at radius 2 is 1.85 bits per heavy atom. The molecule has 1 rings (SSSR count). The van der Waals surface area contributed by atoms with Crippen LogP contribution in [0.3, 0.4) is 0 Å². The Balaban J connectivity index is 2.18. The van der Waals surface area contributed by atoms with E-state index in [1.165, 1.54) is 6.08 Å². The van der Waals surface area contributed by atoms with Gasteiger partial charge in [-0.15, -0.1) is 6.58 Å². The van der Waals surface area contributed by atoms with E-state index in [9.17, 15) is 5.11 Å². The van der Waals surface area contributed by atoms with Crippen molar-refractivity contribution in [3.63, 3.8) is 0 Å². The van der Waals surface area contributed by atoms with Gasteiger partial charge in [-0.2, -0.15) is 0 Å². The molecule has 0 aromatic heterocycles. The molecule has 20 heavy (non-hydrogen) atoms. The summed E-state index contributed by atoms with van der Waals surface area (Å²) < 4.78 is 5.40. The molecule has 0 spiro atoms. The van der Waals surface area contributed by atoms with E-state index in [1.54, 1.807) is 0 Å². The highest BCUT2D eigenvalue weighted by atomic mass is 16.6. The highest BCUT2D eigenvalue weighted by Crippen LogP contribution is 2.30. The van der Waals surface area contributed by atoms with Crippen LogP contribution < -0.4 is 0 Å². The Morgan fingerprint density at radius 3 is 2.55 bits per heavy atom. The fraction of sp³-hybridized carbons (Fsp3) is 0.529. The molecule has 3 heteroatoms. The summed E-state index contributed by atoms with van der Waals surface area (Å²) in [4.78, 5) is 0. The van der Waals surface area contributed by atoms with Gasteiger partial charge in [0.25, 0.3) is 0 Å². The normalized spacial score (nSPS) is 22.5. The first-order valence-electron chi connectivity index (χ1n) is 6.95. The van der Waals surface area contributed by atoms with E-state index in [-0.39, 0.29) is 12.2 Å². The molecule has 0 amide bonds. The first kappa shape index (κ1) is 16.5. The molecular formula is C17H22O3. The van der Waals surface area contributed by atoms with Gasteiger partial charge in [-0.1, -0.05) is 43.4 Å². The third kappa shape index (κ3) is 6.59. The number of epoxide rings is 1. The van der Waals surface area contributed by atoms with Crippen LogP contribution in [0.15, 0.2) is 25.3 Å². The van der Waals surface area contributed by atoms with Crippen molar-refractivity contribution >= 4 is 0 Å². The van der Waals surface area contributed by atoms with E-state index >= 15 is 0 Å². The van der Waals surface area contributed by atoms with Crippen molar-refractivity contribution in [2.75, 3.05) is 0 Å². The Morgan fingerprint density at radius 1 is 1.10 bits per heavy atom. The molecule has 3 nitrogen and oxygen atoms in total. The molecule has 0 unspecified atom stereocenters. The molecule has 1 saturated heterocycles. The summed E-state index contributed by atoms with van der Waals surface area (Å²) >= 11 is 0. The second-order valence-electron chi connectivity index (χ2n) is 4.73. The van der Waals surface area contributed by atoms with Gasteiger partial charge in [0.15, 0.2) is 0 Å². The van der Waals surface area contributed by atoms with E-state index < -0.39 is 12.2 Å². The fourth-order valence-electron chi connectivity index (χ4n) is 1.84. The SMILES string of the molecule is C=CCCCCC[C@H]1O[C@@H]1[C@H](O)C#CC#C[C@@H](O)C=C. The minimum Gasteiger partial charge on any atom is -0.377 e. The third-order valence-electron chi connectivity index (χ3n) is 3.06. The van der Waals surface area contributed by atoms with Crippen molar-refractivity contribution in [3.8, 4) is 23.7 Å². The van der Waals surface area contributed by atoms with E-state index in [1.807, 2.05) is 6.08 Å². The minimum absolute atomic E-state index is 0.120. The summed E-state index contributed by atoms with van der Waals surface area (Å²) in [6.07, 6.45) is 6.93. The van der Waals surface area contributed by atoms with Crippen molar-refractivity contribution in [2.24, 2.45) is 0 Å². The Hall–Kier alpha value is -1.52. The summed E-state index contributed by atoms with van der Waals surface area (Å²) in [5, 5.41) is 18.9. The Kier molecular flexibility index (Phi) is 7.77. The quantitative estimate of drug-likeness (QED) is 0.307. The van der Waals surface area contributed by atoms with Gasteiger partial charge in [-0.3, -0.25) is 0 Å². The van der Waals surface area contributed by atoms with Crippen LogP contribution in [-0.4, -0.2) is 34.6 Å². The monoisotopic (exact) mass is 274 g/mol. The molecule has 108 valence electrons. The molecule has 0 radical (unpaired) electrons. The minimum atomic E-state index is -0.873. The molecule has 0 saturated carbocycles. The number of aliphatic hydroxyl groups excluding tert-OH is 2. The maximum absolute atomic E-state index is 9.76. The van der Waals surface area contributed by atoms with Gasteiger partial charge in [0.2, 0.25) is 0 Å². The molecule has 0 aromatic carbocycles. The first-order chi connectivity index (χ1) is 9.69. The molecule has 1 aliphatic heterocycles. The first-order valence-corrected chi connectivity index (χ1v) is 6.95. The van der Waals surface area contributed by atoms with E-state index in [0.29, 0.717) is 0 Å². The lowest BCUT2D eigenvalue weighted by Gasteiger charge is -1.98. The maximum atomic E-state index is 9.76. The van der Waals surface area contributed by atoms with E-state index in [0.717, 1.165) is 32.1 Å². The molecule has 2 N–H and O–H groups in total. The average Bonchev–Trinajstić information content (AvgIpc) is 3.22. The number of hydrogen-bond acceptors (Lipinski definition) is 3. The molecule has 1 heterocycles. The van der Waals surface area contributed by atoms with Gasteiger partial charge in [-0.05, 0) is 31.1 Å². The molecule has 0 bridgehead atoms. The second kappa shape index (κ2) is 9.39. The summed E-state index contributed by atoms with van der Waals surface area (Å²) in [6.45, 7) is 7.08. The van der Waals surface area contributed by atoms with Gasteiger partial charge < -0.3 is 14.9 Å². The van der Waals surface area contributed by atoms with Crippen molar-refractivity contribution in [1.82, 2.24) is 0 Å². The number of ether oxygens (including phenoxy) is 1. The van der Waals surface area contributed by atoms with Crippen LogP contribution in [0.4, 0.5) is 0 Å².